The molecule has 1 aromatic carbocycles. The van der Waals surface area contributed by atoms with Gasteiger partial charge in [-0.2, -0.15) is 5.26 Å². The minimum Gasteiger partial charge on any atom is -0.388 e. The van der Waals surface area contributed by atoms with E-state index in [0.29, 0.717) is 24.9 Å². The third-order valence-electron chi connectivity index (χ3n) is 5.03. The number of anilines is 1. The summed E-state index contributed by atoms with van der Waals surface area (Å²) < 4.78 is 1.83. The van der Waals surface area contributed by atoms with Crippen LogP contribution in [0.5, 0.6) is 0 Å². The summed E-state index contributed by atoms with van der Waals surface area (Å²) in [5, 5.41) is 29.7. The maximum Gasteiger partial charge on any atom is 0.135 e. The lowest BCUT2D eigenvalue weighted by Gasteiger charge is -2.40. The van der Waals surface area contributed by atoms with Crippen LogP contribution in [-0.4, -0.2) is 43.5 Å². The van der Waals surface area contributed by atoms with Gasteiger partial charge < -0.3 is 14.6 Å². The minimum atomic E-state index is -0.907. The molecule has 7 nitrogen and oxygen atoms in total. The molecule has 1 aliphatic heterocycles. The Morgan fingerprint density at radius 3 is 2.96 bits per heavy atom. The van der Waals surface area contributed by atoms with E-state index in [1.54, 1.807) is 12.5 Å². The van der Waals surface area contributed by atoms with Gasteiger partial charge in [-0.15, -0.1) is 10.2 Å². The first-order valence-corrected chi connectivity index (χ1v) is 8.68. The highest BCUT2D eigenvalue weighted by molar-refractivity contribution is 5.94. The number of aryl methyl sites for hydroxylation is 1. The second-order valence-electron chi connectivity index (χ2n) is 6.93. The number of benzene rings is 1. The van der Waals surface area contributed by atoms with Crippen LogP contribution >= 0.6 is 0 Å². The van der Waals surface area contributed by atoms with Crippen LogP contribution in [0.4, 0.5) is 5.69 Å². The topological polar surface area (TPSA) is 90.9 Å². The molecule has 1 N–H and O–H groups in total. The lowest BCUT2D eigenvalue weighted by Crippen LogP contribution is -2.50. The predicted octanol–water partition coefficient (Wildman–Crippen LogP) is 1.81. The van der Waals surface area contributed by atoms with Gasteiger partial charge in [-0.3, -0.25) is 4.98 Å². The minimum absolute atomic E-state index is 0.435. The second-order valence-corrected chi connectivity index (χ2v) is 6.93. The summed E-state index contributed by atoms with van der Waals surface area (Å²) in [5.41, 5.74) is 1.33. The molecule has 3 heterocycles. The molecule has 7 heteroatoms. The summed E-state index contributed by atoms with van der Waals surface area (Å²) in [7, 11) is 1.88. The second kappa shape index (κ2) is 6.39. The summed E-state index contributed by atoms with van der Waals surface area (Å²) in [4.78, 5) is 6.50. The van der Waals surface area contributed by atoms with Gasteiger partial charge in [0.25, 0.3) is 0 Å². The van der Waals surface area contributed by atoms with Crippen LogP contribution in [0.15, 0.2) is 36.8 Å². The van der Waals surface area contributed by atoms with Crippen LogP contribution in [0.2, 0.25) is 0 Å². The molecule has 4 rings (SSSR count). The third-order valence-corrected chi connectivity index (χ3v) is 5.03. The van der Waals surface area contributed by atoms with Gasteiger partial charge in [-0.05, 0) is 18.9 Å². The van der Waals surface area contributed by atoms with Gasteiger partial charge in [0.05, 0.1) is 22.4 Å². The monoisotopic (exact) mass is 348 g/mol. The van der Waals surface area contributed by atoms with E-state index >= 15 is 0 Å². The van der Waals surface area contributed by atoms with Gasteiger partial charge in [-0.25, -0.2) is 0 Å². The Hall–Kier alpha value is -2.98. The number of fused-ring (bicyclic) bond motifs is 1. The zero-order valence-electron chi connectivity index (χ0n) is 14.6. The number of pyridine rings is 1. The Bertz CT molecular complexity index is 991. The molecule has 0 aliphatic carbocycles. The molecule has 0 radical (unpaired) electrons. The van der Waals surface area contributed by atoms with E-state index in [4.69, 9.17) is 0 Å². The summed E-state index contributed by atoms with van der Waals surface area (Å²) in [6.45, 7) is 1.24. The van der Waals surface area contributed by atoms with E-state index < -0.39 is 5.60 Å². The van der Waals surface area contributed by atoms with Gasteiger partial charge >= 0.3 is 0 Å². The van der Waals surface area contributed by atoms with E-state index in [2.05, 4.69) is 26.2 Å². The third kappa shape index (κ3) is 2.89. The van der Waals surface area contributed by atoms with Crippen LogP contribution in [0, 0.1) is 11.3 Å². The van der Waals surface area contributed by atoms with Crippen molar-refractivity contribution < 1.29 is 5.11 Å². The first-order valence-electron chi connectivity index (χ1n) is 8.68. The number of nitrogens with zero attached hydrogens (tertiary/aromatic N) is 6. The zero-order valence-corrected chi connectivity index (χ0v) is 14.6. The Balaban J connectivity index is 1.71. The standard InChI is InChI=1S/C19H20N6O/c1-24-13-22-23-17(24)9-19(26)7-4-8-25(12-19)18-14(10-20)11-21-16-6-3-2-5-15(16)18/h2-3,5-6,11,13,26H,4,7-9,12H2,1H3. The molecule has 1 unspecified atom stereocenters. The molecule has 0 bridgehead atoms. The van der Waals surface area contributed by atoms with Crippen molar-refractivity contribution in [1.82, 2.24) is 19.7 Å². The van der Waals surface area contributed by atoms with E-state index in [9.17, 15) is 10.4 Å². The van der Waals surface area contributed by atoms with Crippen molar-refractivity contribution in [3.63, 3.8) is 0 Å². The molecule has 1 atom stereocenters. The van der Waals surface area contributed by atoms with E-state index in [0.717, 1.165) is 35.4 Å². The van der Waals surface area contributed by atoms with Crippen LogP contribution in [0.25, 0.3) is 10.9 Å². The Morgan fingerprint density at radius 2 is 2.19 bits per heavy atom. The molecule has 1 aliphatic rings. The maximum atomic E-state index is 11.2. The molecule has 26 heavy (non-hydrogen) atoms. The number of β-amino-alcohol motifs (C(OH)–C–C–N with tert-alkyl or cyclic N) is 1. The van der Waals surface area contributed by atoms with Gasteiger partial charge in [0.15, 0.2) is 0 Å². The average molecular weight is 348 g/mol. The summed E-state index contributed by atoms with van der Waals surface area (Å²) in [5.74, 6) is 0.759. The first-order chi connectivity index (χ1) is 12.6. The summed E-state index contributed by atoms with van der Waals surface area (Å²) in [6.07, 6.45) is 5.24. The molecule has 0 amide bonds. The number of aliphatic hydroxyl groups is 1. The highest BCUT2D eigenvalue weighted by Crippen LogP contribution is 2.34. The molecule has 0 spiro atoms. The molecule has 3 aromatic rings. The number of piperidine rings is 1. The number of rotatable bonds is 3. The van der Waals surface area contributed by atoms with Crippen molar-refractivity contribution in [2.45, 2.75) is 24.9 Å². The van der Waals surface area contributed by atoms with Gasteiger partial charge in [0.1, 0.15) is 18.2 Å². The van der Waals surface area contributed by atoms with Crippen molar-refractivity contribution in [3.8, 4) is 6.07 Å². The van der Waals surface area contributed by atoms with Crippen LogP contribution in [0.3, 0.4) is 0 Å². The number of hydrogen-bond donors (Lipinski definition) is 1. The fourth-order valence-corrected chi connectivity index (χ4v) is 3.76. The SMILES string of the molecule is Cn1cnnc1CC1(O)CCCN(c2c(C#N)cnc3ccccc23)C1. The van der Waals surface area contributed by atoms with E-state index in [1.165, 1.54) is 0 Å². The smallest absolute Gasteiger partial charge is 0.135 e. The molecular formula is C19H20N6O. The van der Waals surface area contributed by atoms with Crippen molar-refractivity contribution >= 4 is 16.6 Å². The lowest BCUT2D eigenvalue weighted by molar-refractivity contribution is 0.0239. The molecule has 0 saturated carbocycles. The first kappa shape index (κ1) is 16.5. The average Bonchev–Trinajstić information content (AvgIpc) is 3.04. The van der Waals surface area contributed by atoms with E-state index in [-0.39, 0.29) is 0 Å². The number of para-hydroxylation sites is 1. The van der Waals surface area contributed by atoms with Crippen molar-refractivity contribution in [2.24, 2.45) is 7.05 Å². The molecule has 1 saturated heterocycles. The van der Waals surface area contributed by atoms with E-state index in [1.807, 2.05) is 35.9 Å². The number of hydrogen-bond acceptors (Lipinski definition) is 6. The zero-order chi connectivity index (χ0) is 18.1. The van der Waals surface area contributed by atoms with Crippen LogP contribution in [-0.2, 0) is 13.5 Å². The number of aromatic nitrogens is 4. The Labute approximate surface area is 151 Å². The lowest BCUT2D eigenvalue weighted by atomic mass is 9.88. The molecular weight excluding hydrogens is 328 g/mol. The molecule has 2 aromatic heterocycles. The van der Waals surface area contributed by atoms with Crippen molar-refractivity contribution in [2.75, 3.05) is 18.0 Å². The van der Waals surface area contributed by atoms with Gasteiger partial charge in [0, 0.05) is 38.1 Å². The number of nitriles is 1. The molecule has 1 fully saturated rings. The van der Waals surface area contributed by atoms with Crippen LogP contribution < -0.4 is 4.90 Å². The van der Waals surface area contributed by atoms with Crippen molar-refractivity contribution in [3.05, 3.63) is 48.2 Å². The normalized spacial score (nSPS) is 20.3. The maximum absolute atomic E-state index is 11.2. The predicted molar refractivity (Wildman–Crippen MR) is 97.6 cm³/mol. The quantitative estimate of drug-likeness (QED) is 0.776. The largest absolute Gasteiger partial charge is 0.388 e. The molecule has 132 valence electrons. The summed E-state index contributed by atoms with van der Waals surface area (Å²) >= 11 is 0. The van der Waals surface area contributed by atoms with Gasteiger partial charge in [-0.1, -0.05) is 18.2 Å². The van der Waals surface area contributed by atoms with Gasteiger partial charge in [0.2, 0.25) is 0 Å². The van der Waals surface area contributed by atoms with Crippen LogP contribution in [0.1, 0.15) is 24.2 Å². The highest BCUT2D eigenvalue weighted by atomic mass is 16.3. The van der Waals surface area contributed by atoms with Crippen molar-refractivity contribution in [1.29, 1.82) is 5.26 Å². The Morgan fingerprint density at radius 1 is 1.35 bits per heavy atom. The highest BCUT2D eigenvalue weighted by Gasteiger charge is 2.36. The fraction of sp³-hybridized carbons (Fsp3) is 0.368. The fourth-order valence-electron chi connectivity index (χ4n) is 3.76. The summed E-state index contributed by atoms with van der Waals surface area (Å²) in [6, 6.07) is 10.1. The Kier molecular flexibility index (Phi) is 4.05.